The molecule has 2 heterocycles. The van der Waals surface area contributed by atoms with Crippen LogP contribution in [0.2, 0.25) is 0 Å². The number of esters is 1. The average molecular weight is 379 g/mol. The van der Waals surface area contributed by atoms with Gasteiger partial charge < -0.3 is 9.15 Å². The van der Waals surface area contributed by atoms with Gasteiger partial charge in [0, 0.05) is 23.4 Å². The second kappa shape index (κ2) is 6.96. The molecular formula is C21H17NO4S. The number of benzene rings is 2. The Morgan fingerprint density at radius 2 is 2.00 bits per heavy atom. The zero-order valence-corrected chi connectivity index (χ0v) is 15.8. The largest absolute Gasteiger partial charge is 0.426 e. The van der Waals surface area contributed by atoms with E-state index in [-0.39, 0.29) is 12.4 Å². The Kier molecular flexibility index (Phi) is 4.49. The Labute approximate surface area is 159 Å². The van der Waals surface area contributed by atoms with E-state index in [9.17, 15) is 9.59 Å². The molecule has 6 heteroatoms. The normalized spacial score (nSPS) is 11.2. The number of fused-ring (bicyclic) bond motifs is 2. The van der Waals surface area contributed by atoms with Crippen molar-refractivity contribution >= 4 is 38.5 Å². The number of para-hydroxylation sites is 1. The van der Waals surface area contributed by atoms with Crippen molar-refractivity contribution in [3.63, 3.8) is 0 Å². The third-order valence-corrected chi connectivity index (χ3v) is 5.52. The van der Waals surface area contributed by atoms with Gasteiger partial charge in [-0.15, -0.1) is 11.3 Å². The lowest BCUT2D eigenvalue weighted by atomic mass is 10.1. The quantitative estimate of drug-likeness (QED) is 0.295. The third-order valence-electron chi connectivity index (χ3n) is 4.42. The molecule has 0 fully saturated rings. The second-order valence-corrected chi connectivity index (χ2v) is 7.48. The van der Waals surface area contributed by atoms with Crippen molar-refractivity contribution in [3.05, 3.63) is 69.0 Å². The van der Waals surface area contributed by atoms with Gasteiger partial charge in [-0.05, 0) is 43.7 Å². The van der Waals surface area contributed by atoms with Gasteiger partial charge in [-0.3, -0.25) is 4.79 Å². The fourth-order valence-corrected chi connectivity index (χ4v) is 3.99. The van der Waals surface area contributed by atoms with Crippen molar-refractivity contribution < 1.29 is 13.9 Å². The molecule has 0 aliphatic heterocycles. The van der Waals surface area contributed by atoms with E-state index in [0.29, 0.717) is 23.3 Å². The molecule has 0 bridgehead atoms. The topological polar surface area (TPSA) is 69.4 Å². The Morgan fingerprint density at radius 1 is 1.19 bits per heavy atom. The summed E-state index contributed by atoms with van der Waals surface area (Å²) in [7, 11) is 0. The number of rotatable bonds is 4. The summed E-state index contributed by atoms with van der Waals surface area (Å²) in [6, 6.07) is 12.9. The second-order valence-electron chi connectivity index (χ2n) is 6.36. The molecule has 0 N–H and O–H groups in total. The lowest BCUT2D eigenvalue weighted by molar-refractivity contribution is -0.134. The highest BCUT2D eigenvalue weighted by atomic mass is 32.1. The fraction of sp³-hybridized carbons (Fsp3) is 0.190. The summed E-state index contributed by atoms with van der Waals surface area (Å²) in [5.74, 6) is 0.0669. The van der Waals surface area contributed by atoms with E-state index in [1.165, 1.54) is 6.07 Å². The van der Waals surface area contributed by atoms with Crippen molar-refractivity contribution in [1.29, 1.82) is 0 Å². The Bertz CT molecular complexity index is 1190. The number of hydrogen-bond acceptors (Lipinski definition) is 6. The SMILES string of the molecule is Cc1cc(=O)oc2c(C)c(OC(=O)CCc3nc4ccccc4s3)ccc12. The predicted octanol–water partition coefficient (Wildman–Crippen LogP) is 4.56. The summed E-state index contributed by atoms with van der Waals surface area (Å²) in [5, 5.41) is 1.74. The summed E-state index contributed by atoms with van der Waals surface area (Å²) in [6.07, 6.45) is 0.758. The molecule has 4 rings (SSSR count). The van der Waals surface area contributed by atoms with Crippen LogP contribution in [0.25, 0.3) is 21.2 Å². The molecule has 0 saturated heterocycles. The van der Waals surface area contributed by atoms with Crippen molar-refractivity contribution in [1.82, 2.24) is 4.98 Å². The van der Waals surface area contributed by atoms with Crippen LogP contribution in [0.3, 0.4) is 0 Å². The van der Waals surface area contributed by atoms with Gasteiger partial charge in [0.25, 0.3) is 0 Å². The first-order valence-corrected chi connectivity index (χ1v) is 9.42. The minimum atomic E-state index is -0.414. The number of thiazole rings is 1. The van der Waals surface area contributed by atoms with Gasteiger partial charge in [0.1, 0.15) is 11.3 Å². The molecule has 0 aliphatic carbocycles. The molecule has 136 valence electrons. The molecular weight excluding hydrogens is 362 g/mol. The van der Waals surface area contributed by atoms with E-state index in [2.05, 4.69) is 4.98 Å². The van der Waals surface area contributed by atoms with Crippen molar-refractivity contribution in [2.75, 3.05) is 0 Å². The monoisotopic (exact) mass is 379 g/mol. The number of carbonyl (C=O) groups excluding carboxylic acids is 1. The van der Waals surface area contributed by atoms with Crippen LogP contribution in [0.1, 0.15) is 22.6 Å². The first kappa shape index (κ1) is 17.4. The number of nitrogens with zero attached hydrogens (tertiary/aromatic N) is 1. The maximum absolute atomic E-state index is 12.3. The van der Waals surface area contributed by atoms with E-state index in [1.807, 2.05) is 31.2 Å². The maximum atomic E-state index is 12.3. The van der Waals surface area contributed by atoms with Gasteiger partial charge in [-0.25, -0.2) is 9.78 Å². The van der Waals surface area contributed by atoms with Crippen LogP contribution in [0.15, 0.2) is 51.7 Å². The van der Waals surface area contributed by atoms with Crippen LogP contribution < -0.4 is 10.4 Å². The van der Waals surface area contributed by atoms with Gasteiger partial charge in [0.05, 0.1) is 21.6 Å². The molecule has 27 heavy (non-hydrogen) atoms. The van der Waals surface area contributed by atoms with E-state index in [1.54, 1.807) is 30.4 Å². The summed E-state index contributed by atoms with van der Waals surface area (Å²) in [4.78, 5) is 28.5. The first-order valence-electron chi connectivity index (χ1n) is 8.60. The van der Waals surface area contributed by atoms with E-state index in [0.717, 1.165) is 26.2 Å². The van der Waals surface area contributed by atoms with Crippen molar-refractivity contribution in [2.24, 2.45) is 0 Å². The minimum absolute atomic E-state index is 0.231. The van der Waals surface area contributed by atoms with Gasteiger partial charge in [-0.1, -0.05) is 12.1 Å². The molecule has 0 unspecified atom stereocenters. The number of carbonyl (C=O) groups is 1. The van der Waals surface area contributed by atoms with Crippen molar-refractivity contribution in [2.45, 2.75) is 26.7 Å². The molecule has 2 aromatic heterocycles. The molecule has 0 aliphatic rings. The lowest BCUT2D eigenvalue weighted by Crippen LogP contribution is -2.10. The number of hydrogen-bond donors (Lipinski definition) is 0. The highest BCUT2D eigenvalue weighted by Gasteiger charge is 2.14. The highest BCUT2D eigenvalue weighted by molar-refractivity contribution is 7.18. The van der Waals surface area contributed by atoms with E-state index in [4.69, 9.17) is 9.15 Å². The zero-order valence-electron chi connectivity index (χ0n) is 14.9. The summed E-state index contributed by atoms with van der Waals surface area (Å²) >= 11 is 1.59. The van der Waals surface area contributed by atoms with Crippen LogP contribution in [-0.4, -0.2) is 11.0 Å². The molecule has 0 spiro atoms. The molecule has 0 radical (unpaired) electrons. The highest BCUT2D eigenvalue weighted by Crippen LogP contribution is 2.28. The van der Waals surface area contributed by atoms with Crippen LogP contribution in [0.5, 0.6) is 5.75 Å². The molecule has 5 nitrogen and oxygen atoms in total. The summed E-state index contributed by atoms with van der Waals surface area (Å²) in [6.45, 7) is 3.63. The predicted molar refractivity (Wildman–Crippen MR) is 106 cm³/mol. The van der Waals surface area contributed by atoms with Crippen LogP contribution in [-0.2, 0) is 11.2 Å². The molecule has 0 amide bonds. The number of aromatic nitrogens is 1. The standard InChI is InChI=1S/C21H17NO4S/c1-12-11-20(24)26-21-13(2)16(8-7-14(12)21)25-19(23)10-9-18-22-15-5-3-4-6-17(15)27-18/h3-8,11H,9-10H2,1-2H3. The Hall–Kier alpha value is -2.99. The van der Waals surface area contributed by atoms with Crippen LogP contribution in [0, 0.1) is 13.8 Å². The Morgan fingerprint density at radius 3 is 2.81 bits per heavy atom. The summed E-state index contributed by atoms with van der Waals surface area (Å²) < 4.78 is 11.9. The van der Waals surface area contributed by atoms with Crippen molar-refractivity contribution in [3.8, 4) is 5.75 Å². The number of ether oxygens (including phenoxy) is 1. The van der Waals surface area contributed by atoms with Crippen LogP contribution >= 0.6 is 11.3 Å². The van der Waals surface area contributed by atoms with Gasteiger partial charge in [0.2, 0.25) is 0 Å². The first-order chi connectivity index (χ1) is 13.0. The van der Waals surface area contributed by atoms with Gasteiger partial charge in [-0.2, -0.15) is 0 Å². The number of aryl methyl sites for hydroxylation is 3. The molecule has 2 aromatic carbocycles. The van der Waals surface area contributed by atoms with E-state index < -0.39 is 5.63 Å². The van der Waals surface area contributed by atoms with E-state index >= 15 is 0 Å². The molecule has 0 atom stereocenters. The maximum Gasteiger partial charge on any atom is 0.336 e. The zero-order chi connectivity index (χ0) is 19.0. The third kappa shape index (κ3) is 3.48. The molecule has 4 aromatic rings. The van der Waals surface area contributed by atoms with Crippen LogP contribution in [0.4, 0.5) is 0 Å². The molecule has 0 saturated carbocycles. The summed E-state index contributed by atoms with van der Waals surface area (Å²) in [5.41, 5.74) is 2.46. The van der Waals surface area contributed by atoms with Gasteiger partial charge >= 0.3 is 11.6 Å². The van der Waals surface area contributed by atoms with Gasteiger partial charge in [0.15, 0.2) is 0 Å². The lowest BCUT2D eigenvalue weighted by Gasteiger charge is -2.09. The smallest absolute Gasteiger partial charge is 0.336 e. The average Bonchev–Trinajstić information content (AvgIpc) is 3.06. The minimum Gasteiger partial charge on any atom is -0.426 e. The Balaban J connectivity index is 1.50. The fourth-order valence-electron chi connectivity index (χ4n) is 3.02.